The maximum Gasteiger partial charge on any atom is 0.252 e. The van der Waals surface area contributed by atoms with Crippen molar-refractivity contribution in [2.75, 3.05) is 6.54 Å². The van der Waals surface area contributed by atoms with Gasteiger partial charge >= 0.3 is 0 Å². The highest BCUT2D eigenvalue weighted by Crippen LogP contribution is 2.25. The Labute approximate surface area is 136 Å². The minimum Gasteiger partial charge on any atom is -0.352 e. The van der Waals surface area contributed by atoms with Crippen LogP contribution in [-0.2, 0) is 6.42 Å². The zero-order valence-corrected chi connectivity index (χ0v) is 13.6. The van der Waals surface area contributed by atoms with E-state index in [0.29, 0.717) is 26.6 Å². The fourth-order valence-electron chi connectivity index (χ4n) is 1.79. The fraction of sp³-hybridized carbons (Fsp3) is 0.133. The summed E-state index contributed by atoms with van der Waals surface area (Å²) < 4.78 is 0.710. The molecule has 0 aliphatic carbocycles. The van der Waals surface area contributed by atoms with Crippen LogP contribution in [0.4, 0.5) is 0 Å². The van der Waals surface area contributed by atoms with E-state index in [1.807, 2.05) is 24.3 Å². The Balaban J connectivity index is 1.94. The lowest BCUT2D eigenvalue weighted by molar-refractivity contribution is 0.0954. The first kappa shape index (κ1) is 15.4. The van der Waals surface area contributed by atoms with E-state index < -0.39 is 0 Å². The van der Waals surface area contributed by atoms with Crippen LogP contribution in [-0.4, -0.2) is 12.5 Å². The summed E-state index contributed by atoms with van der Waals surface area (Å²) in [6.45, 7) is 0.530. The summed E-state index contributed by atoms with van der Waals surface area (Å²) in [7, 11) is 0. The third kappa shape index (κ3) is 3.98. The van der Waals surface area contributed by atoms with Crippen LogP contribution in [0.25, 0.3) is 0 Å². The zero-order chi connectivity index (χ0) is 14.5. The molecule has 0 bridgehead atoms. The average molecular weight is 373 g/mol. The molecule has 0 aliphatic heterocycles. The number of amides is 1. The van der Waals surface area contributed by atoms with Crippen molar-refractivity contribution in [2.24, 2.45) is 0 Å². The summed E-state index contributed by atoms with van der Waals surface area (Å²) in [6.07, 6.45) is 0.720. The van der Waals surface area contributed by atoms with Gasteiger partial charge in [-0.3, -0.25) is 4.79 Å². The lowest BCUT2D eigenvalue weighted by Crippen LogP contribution is -2.26. The molecule has 1 amide bonds. The highest BCUT2D eigenvalue weighted by Gasteiger charge is 2.11. The van der Waals surface area contributed by atoms with Crippen molar-refractivity contribution in [3.05, 3.63) is 68.1 Å². The summed E-state index contributed by atoms with van der Waals surface area (Å²) in [4.78, 5) is 12.0. The van der Waals surface area contributed by atoms with Crippen LogP contribution in [0.1, 0.15) is 15.9 Å². The molecule has 0 atom stereocenters. The average Bonchev–Trinajstić information content (AvgIpc) is 2.42. The van der Waals surface area contributed by atoms with E-state index in [0.717, 1.165) is 12.0 Å². The minimum absolute atomic E-state index is 0.182. The maximum atomic E-state index is 12.0. The molecular weight excluding hydrogens is 361 g/mol. The number of rotatable bonds is 4. The summed E-state index contributed by atoms with van der Waals surface area (Å²) >= 11 is 15.3. The van der Waals surface area contributed by atoms with Gasteiger partial charge in [-0.15, -0.1) is 0 Å². The SMILES string of the molecule is O=C(NCCc1cccc(Cl)c1)c1cccc(Br)c1Cl. The van der Waals surface area contributed by atoms with Crippen molar-refractivity contribution in [3.8, 4) is 0 Å². The first-order chi connectivity index (χ1) is 9.58. The van der Waals surface area contributed by atoms with Gasteiger partial charge in [0.15, 0.2) is 0 Å². The Morgan fingerprint density at radius 1 is 1.15 bits per heavy atom. The monoisotopic (exact) mass is 371 g/mol. The van der Waals surface area contributed by atoms with Crippen LogP contribution in [0.3, 0.4) is 0 Å². The second kappa shape index (κ2) is 7.11. The van der Waals surface area contributed by atoms with Gasteiger partial charge in [0, 0.05) is 16.0 Å². The molecule has 0 heterocycles. The van der Waals surface area contributed by atoms with Crippen LogP contribution in [0.15, 0.2) is 46.9 Å². The molecule has 0 aromatic heterocycles. The first-order valence-corrected chi connectivity index (χ1v) is 7.59. The largest absolute Gasteiger partial charge is 0.352 e. The molecule has 0 spiro atoms. The van der Waals surface area contributed by atoms with E-state index in [4.69, 9.17) is 23.2 Å². The molecule has 2 aromatic carbocycles. The van der Waals surface area contributed by atoms with Gasteiger partial charge in [0.2, 0.25) is 0 Å². The molecule has 2 aromatic rings. The van der Waals surface area contributed by atoms with Gasteiger partial charge in [-0.05, 0) is 52.2 Å². The molecule has 5 heteroatoms. The Hall–Kier alpha value is -1.03. The lowest BCUT2D eigenvalue weighted by Gasteiger charge is -2.08. The molecule has 0 aliphatic rings. The van der Waals surface area contributed by atoms with E-state index in [9.17, 15) is 4.79 Å². The molecule has 0 saturated heterocycles. The highest BCUT2D eigenvalue weighted by atomic mass is 79.9. The van der Waals surface area contributed by atoms with Gasteiger partial charge in [-0.2, -0.15) is 0 Å². The maximum absolute atomic E-state index is 12.0. The number of carbonyl (C=O) groups is 1. The molecular formula is C15H12BrCl2NO. The predicted molar refractivity (Wildman–Crippen MR) is 86.6 cm³/mol. The quantitative estimate of drug-likeness (QED) is 0.825. The third-order valence-corrected chi connectivity index (χ3v) is 4.32. The standard InChI is InChI=1S/C15H12BrCl2NO/c16-13-6-2-5-12(14(13)18)15(20)19-8-7-10-3-1-4-11(17)9-10/h1-6,9H,7-8H2,(H,19,20). The number of carbonyl (C=O) groups excluding carboxylic acids is 1. The van der Waals surface area contributed by atoms with Gasteiger partial charge in [0.1, 0.15) is 0 Å². The van der Waals surface area contributed by atoms with Gasteiger partial charge in [-0.25, -0.2) is 0 Å². The molecule has 2 rings (SSSR count). The van der Waals surface area contributed by atoms with E-state index in [-0.39, 0.29) is 5.91 Å². The van der Waals surface area contributed by atoms with Crippen molar-refractivity contribution in [2.45, 2.75) is 6.42 Å². The summed E-state index contributed by atoms with van der Waals surface area (Å²) in [5, 5.41) is 3.97. The third-order valence-electron chi connectivity index (χ3n) is 2.78. The van der Waals surface area contributed by atoms with E-state index >= 15 is 0 Å². The topological polar surface area (TPSA) is 29.1 Å². The molecule has 0 saturated carbocycles. The molecule has 0 fully saturated rings. The number of nitrogens with one attached hydrogen (secondary N) is 1. The Morgan fingerprint density at radius 2 is 1.90 bits per heavy atom. The Bertz CT molecular complexity index is 631. The van der Waals surface area contributed by atoms with Crippen LogP contribution in [0, 0.1) is 0 Å². The Kier molecular flexibility index (Phi) is 5.46. The molecule has 2 nitrogen and oxygen atoms in total. The number of benzene rings is 2. The number of hydrogen-bond donors (Lipinski definition) is 1. The van der Waals surface area contributed by atoms with Gasteiger partial charge in [0.25, 0.3) is 5.91 Å². The van der Waals surface area contributed by atoms with Gasteiger partial charge in [-0.1, -0.05) is 41.4 Å². The van der Waals surface area contributed by atoms with Crippen molar-refractivity contribution in [1.82, 2.24) is 5.32 Å². The normalized spacial score (nSPS) is 10.3. The number of halogens is 3. The van der Waals surface area contributed by atoms with Crippen LogP contribution in [0.2, 0.25) is 10.0 Å². The second-order valence-electron chi connectivity index (χ2n) is 4.24. The van der Waals surface area contributed by atoms with E-state index in [2.05, 4.69) is 21.2 Å². The van der Waals surface area contributed by atoms with Crippen molar-refractivity contribution < 1.29 is 4.79 Å². The van der Waals surface area contributed by atoms with Crippen molar-refractivity contribution in [1.29, 1.82) is 0 Å². The molecule has 1 N–H and O–H groups in total. The van der Waals surface area contributed by atoms with E-state index in [1.165, 1.54) is 0 Å². The van der Waals surface area contributed by atoms with Crippen molar-refractivity contribution >= 4 is 45.0 Å². The smallest absolute Gasteiger partial charge is 0.252 e. The molecule has 0 radical (unpaired) electrons. The molecule has 104 valence electrons. The summed E-state index contributed by atoms with van der Waals surface area (Å²) in [6, 6.07) is 12.9. The highest BCUT2D eigenvalue weighted by molar-refractivity contribution is 9.10. The molecule has 20 heavy (non-hydrogen) atoms. The lowest BCUT2D eigenvalue weighted by atomic mass is 10.1. The van der Waals surface area contributed by atoms with Crippen LogP contribution in [0.5, 0.6) is 0 Å². The minimum atomic E-state index is -0.182. The Morgan fingerprint density at radius 3 is 2.65 bits per heavy atom. The van der Waals surface area contributed by atoms with Crippen molar-refractivity contribution in [3.63, 3.8) is 0 Å². The van der Waals surface area contributed by atoms with Gasteiger partial charge < -0.3 is 5.32 Å². The zero-order valence-electron chi connectivity index (χ0n) is 10.5. The fourth-order valence-corrected chi connectivity index (χ4v) is 2.58. The molecule has 0 unspecified atom stereocenters. The van der Waals surface area contributed by atoms with Crippen LogP contribution < -0.4 is 5.32 Å². The van der Waals surface area contributed by atoms with E-state index in [1.54, 1.807) is 18.2 Å². The number of hydrogen-bond acceptors (Lipinski definition) is 1. The first-order valence-electron chi connectivity index (χ1n) is 6.04. The summed E-state index contributed by atoms with van der Waals surface area (Å²) in [5.74, 6) is -0.182. The summed E-state index contributed by atoms with van der Waals surface area (Å²) in [5.41, 5.74) is 1.55. The van der Waals surface area contributed by atoms with Crippen LogP contribution >= 0.6 is 39.1 Å². The second-order valence-corrected chi connectivity index (χ2v) is 5.91. The van der Waals surface area contributed by atoms with Gasteiger partial charge in [0.05, 0.1) is 10.6 Å². The predicted octanol–water partition coefficient (Wildman–Crippen LogP) is 4.73.